The van der Waals surface area contributed by atoms with E-state index < -0.39 is 17.7 Å². The van der Waals surface area contributed by atoms with E-state index in [1.165, 1.54) is 25.0 Å². The number of nitrogens with zero attached hydrogens (tertiary/aromatic N) is 2. The molecule has 0 spiro atoms. The fourth-order valence-electron chi connectivity index (χ4n) is 3.25. The zero-order valence-electron chi connectivity index (χ0n) is 14.1. The van der Waals surface area contributed by atoms with E-state index in [-0.39, 0.29) is 12.5 Å². The monoisotopic (exact) mass is 348 g/mol. The Morgan fingerprint density at radius 1 is 1.32 bits per heavy atom. The zero-order chi connectivity index (χ0) is 17.8. The van der Waals surface area contributed by atoms with E-state index in [4.69, 9.17) is 0 Å². The summed E-state index contributed by atoms with van der Waals surface area (Å²) in [6.07, 6.45) is 6.19. The highest BCUT2D eigenvalue weighted by atomic mass is 19.1. The quantitative estimate of drug-likeness (QED) is 0.839. The second-order valence-corrected chi connectivity index (χ2v) is 6.42. The van der Waals surface area contributed by atoms with Gasteiger partial charge in [-0.25, -0.2) is 13.5 Å². The molecule has 0 radical (unpaired) electrons. The van der Waals surface area contributed by atoms with Crippen molar-refractivity contribution in [2.75, 3.05) is 11.9 Å². The number of hydrogen-bond donors (Lipinski definition) is 2. The summed E-state index contributed by atoms with van der Waals surface area (Å²) in [6, 6.07) is 5.13. The first kappa shape index (κ1) is 17.5. The molecule has 0 aliphatic heterocycles. The molecule has 7 heteroatoms. The van der Waals surface area contributed by atoms with Crippen molar-refractivity contribution in [3.63, 3.8) is 0 Å². The number of amides is 1. The second-order valence-electron chi connectivity index (χ2n) is 6.42. The maximum atomic E-state index is 13.8. The van der Waals surface area contributed by atoms with Gasteiger partial charge in [-0.2, -0.15) is 5.10 Å². The average Bonchev–Trinajstić information content (AvgIpc) is 3.23. The molecule has 0 bridgehead atoms. The molecule has 2 N–H and O–H groups in total. The minimum Gasteiger partial charge on any atom is -0.310 e. The third kappa shape index (κ3) is 4.22. The molecule has 1 saturated carbocycles. The summed E-state index contributed by atoms with van der Waals surface area (Å²) in [5, 5.41) is 10.1. The summed E-state index contributed by atoms with van der Waals surface area (Å²) in [7, 11) is 0. The van der Waals surface area contributed by atoms with Crippen LogP contribution >= 0.6 is 0 Å². The molecule has 5 nitrogen and oxygen atoms in total. The van der Waals surface area contributed by atoms with Crippen LogP contribution in [0.4, 0.5) is 14.6 Å². The molecular weight excluding hydrogens is 326 g/mol. The van der Waals surface area contributed by atoms with E-state index in [1.807, 2.05) is 4.68 Å². The summed E-state index contributed by atoms with van der Waals surface area (Å²) in [4.78, 5) is 12.2. The highest BCUT2D eigenvalue weighted by molar-refractivity contribution is 5.91. The maximum absolute atomic E-state index is 13.8. The molecule has 1 heterocycles. The molecule has 1 aromatic heterocycles. The summed E-state index contributed by atoms with van der Waals surface area (Å²) >= 11 is 0. The van der Waals surface area contributed by atoms with Crippen molar-refractivity contribution >= 4 is 11.7 Å². The van der Waals surface area contributed by atoms with Gasteiger partial charge in [-0.1, -0.05) is 18.9 Å². The molecule has 0 saturated heterocycles. The molecule has 0 unspecified atom stereocenters. The Kier molecular flexibility index (Phi) is 5.43. The van der Waals surface area contributed by atoms with Crippen LogP contribution in [-0.4, -0.2) is 22.2 Å². The number of rotatable bonds is 6. The molecular formula is C18H22F2N4O. The Bertz CT molecular complexity index is 740. The number of carbonyl (C=O) groups excluding carboxylic acids is 1. The third-order valence-corrected chi connectivity index (χ3v) is 4.61. The van der Waals surface area contributed by atoms with Crippen LogP contribution in [0.1, 0.15) is 50.3 Å². The van der Waals surface area contributed by atoms with Crippen molar-refractivity contribution in [3.05, 3.63) is 47.7 Å². The first-order valence-corrected chi connectivity index (χ1v) is 8.56. The lowest BCUT2D eigenvalue weighted by atomic mass is 10.1. The average molecular weight is 348 g/mol. The van der Waals surface area contributed by atoms with Crippen LogP contribution in [0, 0.1) is 11.6 Å². The Balaban J connectivity index is 1.55. The maximum Gasteiger partial charge on any atom is 0.239 e. The Morgan fingerprint density at radius 2 is 2.08 bits per heavy atom. The second kappa shape index (κ2) is 7.74. The molecule has 2 aromatic rings. The number of halogens is 2. The number of aromatic nitrogens is 2. The van der Waals surface area contributed by atoms with E-state index in [0.717, 1.165) is 18.9 Å². The highest BCUT2D eigenvalue weighted by Gasteiger charge is 2.20. The number of anilines is 1. The van der Waals surface area contributed by atoms with E-state index in [2.05, 4.69) is 15.7 Å². The normalized spacial score (nSPS) is 16.1. The van der Waals surface area contributed by atoms with E-state index in [1.54, 1.807) is 19.2 Å². The largest absolute Gasteiger partial charge is 0.310 e. The predicted octanol–water partition coefficient (Wildman–Crippen LogP) is 3.57. The van der Waals surface area contributed by atoms with Crippen molar-refractivity contribution < 1.29 is 13.6 Å². The summed E-state index contributed by atoms with van der Waals surface area (Å²) in [5.41, 5.74) is 0.324. The SMILES string of the molecule is C[C@H](NCC(=O)Nc1ccnn1C1CCCC1)c1ccc(F)cc1F. The zero-order valence-corrected chi connectivity index (χ0v) is 14.1. The number of carbonyl (C=O) groups is 1. The van der Waals surface area contributed by atoms with Gasteiger partial charge in [0.1, 0.15) is 17.5 Å². The van der Waals surface area contributed by atoms with E-state index >= 15 is 0 Å². The van der Waals surface area contributed by atoms with E-state index in [0.29, 0.717) is 17.4 Å². The molecule has 1 amide bonds. The van der Waals surface area contributed by atoms with Crippen LogP contribution in [0.2, 0.25) is 0 Å². The van der Waals surface area contributed by atoms with Crippen molar-refractivity contribution in [1.82, 2.24) is 15.1 Å². The lowest BCUT2D eigenvalue weighted by Crippen LogP contribution is -2.31. The summed E-state index contributed by atoms with van der Waals surface area (Å²) in [5.74, 6) is -0.792. The van der Waals surface area contributed by atoms with Crippen molar-refractivity contribution in [2.24, 2.45) is 0 Å². The van der Waals surface area contributed by atoms with Gasteiger partial charge in [-0.15, -0.1) is 0 Å². The number of nitrogens with one attached hydrogen (secondary N) is 2. The molecule has 1 aliphatic carbocycles. The van der Waals surface area contributed by atoms with Gasteiger partial charge in [-0.05, 0) is 25.8 Å². The summed E-state index contributed by atoms with van der Waals surface area (Å²) < 4.78 is 28.6. The molecule has 1 aliphatic rings. The molecule has 134 valence electrons. The fourth-order valence-corrected chi connectivity index (χ4v) is 3.25. The van der Waals surface area contributed by atoms with Crippen LogP contribution < -0.4 is 10.6 Å². The first-order chi connectivity index (χ1) is 12.0. The molecule has 3 rings (SSSR count). The highest BCUT2D eigenvalue weighted by Crippen LogP contribution is 2.31. The van der Waals surface area contributed by atoms with Gasteiger partial charge in [-0.3, -0.25) is 4.79 Å². The van der Waals surface area contributed by atoms with E-state index in [9.17, 15) is 13.6 Å². The van der Waals surface area contributed by atoms with Crippen LogP contribution in [0.3, 0.4) is 0 Å². The van der Waals surface area contributed by atoms with Crippen LogP contribution in [-0.2, 0) is 4.79 Å². The minimum absolute atomic E-state index is 0.0217. The van der Waals surface area contributed by atoms with Gasteiger partial charge in [0.25, 0.3) is 0 Å². The van der Waals surface area contributed by atoms with Gasteiger partial charge in [0, 0.05) is 23.7 Å². The van der Waals surface area contributed by atoms with Gasteiger partial charge in [0.2, 0.25) is 5.91 Å². The molecule has 1 atom stereocenters. The van der Waals surface area contributed by atoms with Gasteiger partial charge < -0.3 is 10.6 Å². The molecule has 1 aromatic carbocycles. The number of benzene rings is 1. The lowest BCUT2D eigenvalue weighted by Gasteiger charge is -2.17. The smallest absolute Gasteiger partial charge is 0.239 e. The number of hydrogen-bond acceptors (Lipinski definition) is 3. The minimum atomic E-state index is -0.625. The van der Waals surface area contributed by atoms with Gasteiger partial charge in [0.15, 0.2) is 0 Å². The predicted molar refractivity (Wildman–Crippen MR) is 91.1 cm³/mol. The van der Waals surface area contributed by atoms with Crippen LogP contribution in [0.5, 0.6) is 0 Å². The summed E-state index contributed by atoms with van der Waals surface area (Å²) in [6.45, 7) is 1.75. The Hall–Kier alpha value is -2.28. The standard InChI is InChI=1S/C18H22F2N4O/c1-12(15-7-6-13(19)10-16(15)20)21-11-18(25)23-17-8-9-22-24(17)14-4-2-3-5-14/h6-10,12,14,21H,2-5,11H2,1H3,(H,23,25)/t12-/m0/s1. The Morgan fingerprint density at radius 3 is 2.80 bits per heavy atom. The van der Waals surface area contributed by atoms with Crippen molar-refractivity contribution in [1.29, 1.82) is 0 Å². The molecule has 1 fully saturated rings. The van der Waals surface area contributed by atoms with Crippen molar-refractivity contribution in [2.45, 2.75) is 44.7 Å². The van der Waals surface area contributed by atoms with Gasteiger partial charge >= 0.3 is 0 Å². The van der Waals surface area contributed by atoms with Crippen LogP contribution in [0.25, 0.3) is 0 Å². The topological polar surface area (TPSA) is 59.0 Å². The van der Waals surface area contributed by atoms with Crippen molar-refractivity contribution in [3.8, 4) is 0 Å². The first-order valence-electron chi connectivity index (χ1n) is 8.56. The van der Waals surface area contributed by atoms with Gasteiger partial charge in [0.05, 0.1) is 18.8 Å². The third-order valence-electron chi connectivity index (χ3n) is 4.61. The van der Waals surface area contributed by atoms with Crippen LogP contribution in [0.15, 0.2) is 30.5 Å². The lowest BCUT2D eigenvalue weighted by molar-refractivity contribution is -0.115. The fraction of sp³-hybridized carbons (Fsp3) is 0.444. The molecule has 25 heavy (non-hydrogen) atoms. The Labute approximate surface area is 145 Å².